The molecule has 0 amide bonds. The molecule has 3 rings (SSSR count). The monoisotopic (exact) mass is 315 g/mol. The van der Waals surface area contributed by atoms with Crippen molar-refractivity contribution in [1.29, 1.82) is 0 Å². The highest BCUT2D eigenvalue weighted by atomic mass is 16.5. The first-order valence-corrected chi connectivity index (χ1v) is 8.39. The highest BCUT2D eigenvalue weighted by molar-refractivity contribution is 5.83. The molecule has 0 saturated carbocycles. The highest BCUT2D eigenvalue weighted by Gasteiger charge is 2.19. The van der Waals surface area contributed by atoms with Crippen LogP contribution in [0.25, 0.3) is 10.9 Å². The smallest absolute Gasteiger partial charge is 0.224 e. The fourth-order valence-corrected chi connectivity index (χ4v) is 2.68. The molecule has 1 atom stereocenters. The van der Waals surface area contributed by atoms with E-state index in [4.69, 9.17) is 4.74 Å². The lowest BCUT2D eigenvalue weighted by molar-refractivity contribution is 0.111. The fraction of sp³-hybridized carbons (Fsp3) is 0.588. The SMILES string of the molecule is CCC(C)Nc1ncc2c(OC3CCN(C)CC3)nccc2n1. The van der Waals surface area contributed by atoms with Gasteiger partial charge >= 0.3 is 0 Å². The molecule has 0 bridgehead atoms. The summed E-state index contributed by atoms with van der Waals surface area (Å²) < 4.78 is 6.12. The molecule has 2 aromatic heterocycles. The molecule has 3 heterocycles. The minimum atomic E-state index is 0.224. The maximum Gasteiger partial charge on any atom is 0.224 e. The average molecular weight is 315 g/mol. The van der Waals surface area contributed by atoms with Crippen molar-refractivity contribution >= 4 is 16.9 Å². The molecule has 6 heteroatoms. The third-order valence-corrected chi connectivity index (χ3v) is 4.40. The molecule has 0 aliphatic carbocycles. The molecule has 1 saturated heterocycles. The fourth-order valence-electron chi connectivity index (χ4n) is 2.68. The number of anilines is 1. The van der Waals surface area contributed by atoms with Gasteiger partial charge < -0.3 is 15.0 Å². The van der Waals surface area contributed by atoms with E-state index in [0.717, 1.165) is 43.3 Å². The Hall–Kier alpha value is -1.95. The van der Waals surface area contributed by atoms with Crippen LogP contribution in [-0.4, -0.2) is 52.1 Å². The van der Waals surface area contributed by atoms with Gasteiger partial charge in [0.15, 0.2) is 0 Å². The second-order valence-electron chi connectivity index (χ2n) is 6.32. The van der Waals surface area contributed by atoms with Crippen LogP contribution in [0.5, 0.6) is 5.88 Å². The van der Waals surface area contributed by atoms with Gasteiger partial charge in [0.25, 0.3) is 0 Å². The van der Waals surface area contributed by atoms with E-state index in [0.29, 0.717) is 17.9 Å². The molecule has 1 aliphatic rings. The Kier molecular flexibility index (Phi) is 4.91. The van der Waals surface area contributed by atoms with Crippen molar-refractivity contribution in [2.45, 2.75) is 45.3 Å². The van der Waals surface area contributed by atoms with E-state index >= 15 is 0 Å². The number of hydrogen-bond donors (Lipinski definition) is 1. The summed E-state index contributed by atoms with van der Waals surface area (Å²) in [5.74, 6) is 1.30. The van der Waals surface area contributed by atoms with Crippen LogP contribution < -0.4 is 10.1 Å². The largest absolute Gasteiger partial charge is 0.474 e. The maximum absolute atomic E-state index is 6.12. The number of nitrogens with one attached hydrogen (secondary N) is 1. The van der Waals surface area contributed by atoms with E-state index in [2.05, 4.69) is 46.1 Å². The standard InChI is InChI=1S/C17H25N5O/c1-4-12(2)20-17-19-11-14-15(21-17)5-8-18-16(14)23-13-6-9-22(3)10-7-13/h5,8,11-13H,4,6-7,9-10H2,1-3H3,(H,19,20,21). The molecular weight excluding hydrogens is 290 g/mol. The molecule has 23 heavy (non-hydrogen) atoms. The lowest BCUT2D eigenvalue weighted by Crippen LogP contribution is -2.35. The topological polar surface area (TPSA) is 63.2 Å². The Labute approximate surface area is 137 Å². The van der Waals surface area contributed by atoms with Gasteiger partial charge in [-0.3, -0.25) is 0 Å². The average Bonchev–Trinajstić information content (AvgIpc) is 2.57. The molecule has 6 nitrogen and oxygen atoms in total. The molecule has 0 spiro atoms. The third kappa shape index (κ3) is 3.88. The zero-order valence-electron chi connectivity index (χ0n) is 14.1. The second kappa shape index (κ2) is 7.08. The van der Waals surface area contributed by atoms with Gasteiger partial charge in [-0.15, -0.1) is 0 Å². The minimum absolute atomic E-state index is 0.224. The van der Waals surface area contributed by atoms with Crippen LogP contribution in [0.15, 0.2) is 18.5 Å². The zero-order valence-corrected chi connectivity index (χ0v) is 14.1. The van der Waals surface area contributed by atoms with E-state index in [9.17, 15) is 0 Å². The van der Waals surface area contributed by atoms with Gasteiger partial charge in [0.05, 0.1) is 10.9 Å². The van der Waals surface area contributed by atoms with Gasteiger partial charge in [0.1, 0.15) is 6.10 Å². The number of aromatic nitrogens is 3. The summed E-state index contributed by atoms with van der Waals surface area (Å²) in [5.41, 5.74) is 0.865. The maximum atomic E-state index is 6.12. The highest BCUT2D eigenvalue weighted by Crippen LogP contribution is 2.25. The summed E-state index contributed by atoms with van der Waals surface area (Å²) in [6.07, 6.45) is 6.88. The van der Waals surface area contributed by atoms with Crippen molar-refractivity contribution in [3.8, 4) is 5.88 Å². The van der Waals surface area contributed by atoms with Crippen molar-refractivity contribution in [3.63, 3.8) is 0 Å². The summed E-state index contributed by atoms with van der Waals surface area (Å²) >= 11 is 0. The Balaban J connectivity index is 1.78. The van der Waals surface area contributed by atoms with Gasteiger partial charge in [-0.1, -0.05) is 6.92 Å². The van der Waals surface area contributed by atoms with Crippen LogP contribution >= 0.6 is 0 Å². The van der Waals surface area contributed by atoms with Crippen LogP contribution in [0.1, 0.15) is 33.1 Å². The Morgan fingerprint density at radius 1 is 1.35 bits per heavy atom. The normalized spacial score (nSPS) is 18.0. The van der Waals surface area contributed by atoms with Gasteiger partial charge in [-0.2, -0.15) is 0 Å². The summed E-state index contributed by atoms with van der Waals surface area (Å²) in [4.78, 5) is 15.7. The van der Waals surface area contributed by atoms with Crippen LogP contribution in [0.2, 0.25) is 0 Å². The van der Waals surface area contributed by atoms with Crippen LogP contribution in [0, 0.1) is 0 Å². The predicted octanol–water partition coefficient (Wildman–Crippen LogP) is 2.71. The van der Waals surface area contributed by atoms with Crippen LogP contribution in [-0.2, 0) is 0 Å². The van der Waals surface area contributed by atoms with Gasteiger partial charge in [-0.05, 0) is 39.3 Å². The molecule has 124 valence electrons. The number of pyridine rings is 1. The Morgan fingerprint density at radius 2 is 2.13 bits per heavy atom. The summed E-state index contributed by atoms with van der Waals surface area (Å²) in [7, 11) is 2.14. The van der Waals surface area contributed by atoms with Gasteiger partial charge in [0, 0.05) is 31.5 Å². The molecule has 1 unspecified atom stereocenters. The van der Waals surface area contributed by atoms with Crippen molar-refractivity contribution in [2.24, 2.45) is 0 Å². The Morgan fingerprint density at radius 3 is 2.87 bits per heavy atom. The number of ether oxygens (including phenoxy) is 1. The number of hydrogen-bond acceptors (Lipinski definition) is 6. The summed E-state index contributed by atoms with van der Waals surface area (Å²) in [6, 6.07) is 2.25. The van der Waals surface area contributed by atoms with Crippen LogP contribution in [0.3, 0.4) is 0 Å². The molecule has 1 N–H and O–H groups in total. The van der Waals surface area contributed by atoms with Crippen molar-refractivity contribution in [1.82, 2.24) is 19.9 Å². The predicted molar refractivity (Wildman–Crippen MR) is 91.9 cm³/mol. The van der Waals surface area contributed by atoms with Crippen molar-refractivity contribution in [2.75, 3.05) is 25.5 Å². The van der Waals surface area contributed by atoms with E-state index < -0.39 is 0 Å². The van der Waals surface area contributed by atoms with E-state index in [1.54, 1.807) is 6.20 Å². The molecule has 1 fully saturated rings. The van der Waals surface area contributed by atoms with E-state index in [1.165, 1.54) is 0 Å². The molecule has 2 aromatic rings. The molecule has 0 aromatic carbocycles. The number of rotatable bonds is 5. The Bertz CT molecular complexity index is 654. The molecule has 0 radical (unpaired) electrons. The molecule has 1 aliphatic heterocycles. The van der Waals surface area contributed by atoms with Crippen molar-refractivity contribution < 1.29 is 4.74 Å². The first kappa shape index (κ1) is 15.9. The van der Waals surface area contributed by atoms with E-state index in [1.807, 2.05) is 12.3 Å². The lowest BCUT2D eigenvalue weighted by Gasteiger charge is -2.29. The first-order chi connectivity index (χ1) is 11.2. The first-order valence-electron chi connectivity index (χ1n) is 8.39. The number of piperidine rings is 1. The molecular formula is C17H25N5O. The zero-order chi connectivity index (χ0) is 16.2. The third-order valence-electron chi connectivity index (χ3n) is 4.40. The number of nitrogens with zero attached hydrogens (tertiary/aromatic N) is 4. The van der Waals surface area contributed by atoms with Crippen LogP contribution in [0.4, 0.5) is 5.95 Å². The van der Waals surface area contributed by atoms with Gasteiger partial charge in [-0.25, -0.2) is 15.0 Å². The quantitative estimate of drug-likeness (QED) is 0.915. The number of likely N-dealkylation sites (tertiary alicyclic amines) is 1. The minimum Gasteiger partial charge on any atom is -0.474 e. The summed E-state index contributed by atoms with van der Waals surface area (Å²) in [6.45, 7) is 6.38. The second-order valence-corrected chi connectivity index (χ2v) is 6.32. The van der Waals surface area contributed by atoms with E-state index in [-0.39, 0.29) is 6.10 Å². The van der Waals surface area contributed by atoms with Crippen molar-refractivity contribution in [3.05, 3.63) is 18.5 Å². The number of fused-ring (bicyclic) bond motifs is 1. The van der Waals surface area contributed by atoms with Gasteiger partial charge in [0.2, 0.25) is 11.8 Å². The summed E-state index contributed by atoms with van der Waals surface area (Å²) in [5, 5.41) is 4.18. The lowest BCUT2D eigenvalue weighted by atomic mass is 10.1.